The molecule has 98 valence electrons. The van der Waals surface area contributed by atoms with Crippen LogP contribution in [0.15, 0.2) is 36.4 Å². The van der Waals surface area contributed by atoms with E-state index in [-0.39, 0.29) is 17.7 Å². The van der Waals surface area contributed by atoms with Crippen LogP contribution in [0.25, 0.3) is 0 Å². The lowest BCUT2D eigenvalue weighted by Gasteiger charge is -2.16. The summed E-state index contributed by atoms with van der Waals surface area (Å²) in [5, 5.41) is 3.66. The fourth-order valence-corrected chi connectivity index (χ4v) is 2.73. The molecule has 2 aromatic carbocycles. The Morgan fingerprint density at radius 3 is 2.84 bits per heavy atom. The number of hydrogen-bond acceptors (Lipinski definition) is 1. The topological polar surface area (TPSA) is 12.0 Å². The summed E-state index contributed by atoms with van der Waals surface area (Å²) in [7, 11) is 0. The SMILES string of the molecule is Fc1ccc(Cl)c(NC2CCc3c(F)cccc32)c1. The summed E-state index contributed by atoms with van der Waals surface area (Å²) in [6, 6.07) is 9.23. The van der Waals surface area contributed by atoms with Crippen LogP contribution in [0, 0.1) is 11.6 Å². The molecule has 0 aromatic heterocycles. The molecule has 1 atom stereocenters. The third kappa shape index (κ3) is 2.30. The van der Waals surface area contributed by atoms with Gasteiger partial charge in [-0.2, -0.15) is 0 Å². The van der Waals surface area contributed by atoms with E-state index in [1.54, 1.807) is 6.07 Å². The molecule has 0 heterocycles. The molecule has 1 unspecified atom stereocenters. The third-order valence-electron chi connectivity index (χ3n) is 3.47. The van der Waals surface area contributed by atoms with Gasteiger partial charge in [0.2, 0.25) is 0 Å². The minimum absolute atomic E-state index is 0.0231. The molecule has 0 bridgehead atoms. The molecule has 1 aliphatic carbocycles. The monoisotopic (exact) mass is 279 g/mol. The molecule has 0 fully saturated rings. The van der Waals surface area contributed by atoms with Gasteiger partial charge < -0.3 is 5.32 Å². The Bertz CT molecular complexity index is 628. The van der Waals surface area contributed by atoms with Crippen LogP contribution in [0.3, 0.4) is 0 Å². The van der Waals surface area contributed by atoms with Crippen LogP contribution < -0.4 is 5.32 Å². The fraction of sp³-hybridized carbons (Fsp3) is 0.200. The Morgan fingerprint density at radius 2 is 2.00 bits per heavy atom. The maximum Gasteiger partial charge on any atom is 0.126 e. The molecular formula is C15H12ClF2N. The average molecular weight is 280 g/mol. The molecule has 4 heteroatoms. The summed E-state index contributed by atoms with van der Waals surface area (Å²) in [5.74, 6) is -0.517. The molecular weight excluding hydrogens is 268 g/mol. The Kier molecular flexibility index (Phi) is 3.15. The summed E-state index contributed by atoms with van der Waals surface area (Å²) in [6.45, 7) is 0. The quantitative estimate of drug-likeness (QED) is 0.839. The zero-order valence-electron chi connectivity index (χ0n) is 10.1. The van der Waals surface area contributed by atoms with Crippen molar-refractivity contribution in [2.75, 3.05) is 5.32 Å². The van der Waals surface area contributed by atoms with E-state index in [1.807, 2.05) is 6.07 Å². The van der Waals surface area contributed by atoms with Crippen molar-refractivity contribution in [2.24, 2.45) is 0 Å². The van der Waals surface area contributed by atoms with Gasteiger partial charge in [-0.1, -0.05) is 23.7 Å². The van der Waals surface area contributed by atoms with Crippen LogP contribution in [-0.4, -0.2) is 0 Å². The number of hydrogen-bond donors (Lipinski definition) is 1. The second kappa shape index (κ2) is 4.82. The van der Waals surface area contributed by atoms with E-state index >= 15 is 0 Å². The number of halogens is 3. The van der Waals surface area contributed by atoms with E-state index in [4.69, 9.17) is 11.6 Å². The maximum absolute atomic E-state index is 13.6. The van der Waals surface area contributed by atoms with Gasteiger partial charge in [0.25, 0.3) is 0 Å². The van der Waals surface area contributed by atoms with E-state index in [1.165, 1.54) is 24.3 Å². The van der Waals surface area contributed by atoms with Gasteiger partial charge in [-0.3, -0.25) is 0 Å². The molecule has 19 heavy (non-hydrogen) atoms. The lowest BCUT2D eigenvalue weighted by molar-refractivity contribution is 0.612. The zero-order valence-corrected chi connectivity index (χ0v) is 10.8. The second-order valence-corrected chi connectivity index (χ2v) is 5.07. The highest BCUT2D eigenvalue weighted by molar-refractivity contribution is 6.33. The van der Waals surface area contributed by atoms with Gasteiger partial charge in [-0.15, -0.1) is 0 Å². The zero-order chi connectivity index (χ0) is 13.4. The number of benzene rings is 2. The van der Waals surface area contributed by atoms with Gasteiger partial charge in [-0.25, -0.2) is 8.78 Å². The van der Waals surface area contributed by atoms with Gasteiger partial charge in [0.15, 0.2) is 0 Å². The Morgan fingerprint density at radius 1 is 1.16 bits per heavy atom. The Balaban J connectivity index is 1.91. The van der Waals surface area contributed by atoms with Crippen molar-refractivity contribution >= 4 is 17.3 Å². The van der Waals surface area contributed by atoms with Gasteiger partial charge in [0.1, 0.15) is 11.6 Å². The van der Waals surface area contributed by atoms with E-state index in [9.17, 15) is 8.78 Å². The van der Waals surface area contributed by atoms with E-state index in [0.717, 1.165) is 17.5 Å². The number of anilines is 1. The van der Waals surface area contributed by atoms with Crippen LogP contribution in [-0.2, 0) is 6.42 Å². The molecule has 2 aromatic rings. The first-order valence-corrected chi connectivity index (χ1v) is 6.52. The number of nitrogens with one attached hydrogen (secondary N) is 1. The number of fused-ring (bicyclic) bond motifs is 1. The van der Waals surface area contributed by atoms with E-state index in [2.05, 4.69) is 5.32 Å². The van der Waals surface area contributed by atoms with Crippen molar-refractivity contribution in [3.8, 4) is 0 Å². The summed E-state index contributed by atoms with van der Waals surface area (Å²) in [6.07, 6.45) is 1.47. The molecule has 1 N–H and O–H groups in total. The van der Waals surface area contributed by atoms with Crippen LogP contribution in [0.1, 0.15) is 23.6 Å². The van der Waals surface area contributed by atoms with Crippen LogP contribution in [0.4, 0.5) is 14.5 Å². The third-order valence-corrected chi connectivity index (χ3v) is 3.80. The molecule has 3 rings (SSSR count). The van der Waals surface area contributed by atoms with Crippen LogP contribution in [0.5, 0.6) is 0 Å². The fourth-order valence-electron chi connectivity index (χ4n) is 2.56. The molecule has 0 saturated heterocycles. The van der Waals surface area contributed by atoms with Crippen molar-refractivity contribution in [1.29, 1.82) is 0 Å². The van der Waals surface area contributed by atoms with Gasteiger partial charge in [0.05, 0.1) is 16.8 Å². The van der Waals surface area contributed by atoms with Crippen molar-refractivity contribution in [2.45, 2.75) is 18.9 Å². The van der Waals surface area contributed by atoms with Crippen LogP contribution >= 0.6 is 11.6 Å². The normalized spacial score (nSPS) is 17.3. The molecule has 0 saturated carbocycles. The Hall–Kier alpha value is -1.61. The van der Waals surface area contributed by atoms with Crippen LogP contribution in [0.2, 0.25) is 5.02 Å². The van der Waals surface area contributed by atoms with Gasteiger partial charge in [-0.05, 0) is 48.2 Å². The van der Waals surface area contributed by atoms with E-state index in [0.29, 0.717) is 17.1 Å². The Labute approximate surface area is 115 Å². The summed E-state index contributed by atoms with van der Waals surface area (Å²) >= 11 is 6.03. The number of rotatable bonds is 2. The summed E-state index contributed by atoms with van der Waals surface area (Å²) in [4.78, 5) is 0. The molecule has 0 spiro atoms. The van der Waals surface area contributed by atoms with E-state index < -0.39 is 0 Å². The highest BCUT2D eigenvalue weighted by Crippen LogP contribution is 2.36. The highest BCUT2D eigenvalue weighted by atomic mass is 35.5. The van der Waals surface area contributed by atoms with Crippen molar-refractivity contribution in [3.63, 3.8) is 0 Å². The second-order valence-electron chi connectivity index (χ2n) is 4.67. The first-order chi connectivity index (χ1) is 9.15. The van der Waals surface area contributed by atoms with Crippen molar-refractivity contribution in [3.05, 3.63) is 64.2 Å². The predicted molar refractivity (Wildman–Crippen MR) is 72.5 cm³/mol. The smallest absolute Gasteiger partial charge is 0.126 e. The minimum atomic E-state index is -0.343. The standard InChI is InChI=1S/C15H12ClF2N/c16-12-6-4-9(17)8-15(12)19-14-7-5-10-11(14)2-1-3-13(10)18/h1-4,6,8,14,19H,5,7H2. The lowest BCUT2D eigenvalue weighted by atomic mass is 10.1. The largest absolute Gasteiger partial charge is 0.377 e. The van der Waals surface area contributed by atoms with Gasteiger partial charge >= 0.3 is 0 Å². The first kappa shape index (κ1) is 12.4. The van der Waals surface area contributed by atoms with Crippen molar-refractivity contribution in [1.82, 2.24) is 0 Å². The maximum atomic E-state index is 13.6. The molecule has 1 aliphatic rings. The molecule has 1 nitrogen and oxygen atoms in total. The first-order valence-electron chi connectivity index (χ1n) is 6.14. The molecule has 0 aliphatic heterocycles. The average Bonchev–Trinajstić information content (AvgIpc) is 2.79. The van der Waals surface area contributed by atoms with Crippen molar-refractivity contribution < 1.29 is 8.78 Å². The highest BCUT2D eigenvalue weighted by Gasteiger charge is 2.25. The molecule has 0 radical (unpaired) electrons. The summed E-state index contributed by atoms with van der Waals surface area (Å²) < 4.78 is 26.9. The summed E-state index contributed by atoms with van der Waals surface area (Å²) in [5.41, 5.74) is 2.22. The predicted octanol–water partition coefficient (Wildman–Crippen LogP) is 4.72. The molecule has 0 amide bonds. The van der Waals surface area contributed by atoms with Gasteiger partial charge in [0, 0.05) is 0 Å². The minimum Gasteiger partial charge on any atom is -0.377 e. The lowest BCUT2D eigenvalue weighted by Crippen LogP contribution is -2.07.